The van der Waals surface area contributed by atoms with Gasteiger partial charge in [-0.3, -0.25) is 0 Å². The average molecular weight is 667 g/mol. The molecule has 0 radical (unpaired) electrons. The first-order valence-corrected chi connectivity index (χ1v) is 18.2. The van der Waals surface area contributed by atoms with Crippen molar-refractivity contribution in [1.82, 2.24) is 9.97 Å². The molecule has 0 unspecified atom stereocenters. The molecule has 10 rings (SSSR count). The SMILES string of the molecule is CC1(C)c2cc(-c3ccccc3)ccc2-c2ccc(-c3cc(-c4cccc5c4-c4cc6ccccc6cc4C5(C)C)nc(-c4ccccc4)n3)cc21. The second kappa shape index (κ2) is 11.2. The van der Waals surface area contributed by atoms with Gasteiger partial charge in [-0.25, -0.2) is 9.97 Å². The maximum atomic E-state index is 5.32. The Hall–Kier alpha value is -6.12. The molecule has 2 nitrogen and oxygen atoms in total. The zero-order valence-corrected chi connectivity index (χ0v) is 29.9. The van der Waals surface area contributed by atoms with E-state index in [1.807, 2.05) is 6.07 Å². The summed E-state index contributed by atoms with van der Waals surface area (Å²) in [7, 11) is 0. The number of fused-ring (bicyclic) bond motifs is 7. The van der Waals surface area contributed by atoms with Crippen LogP contribution in [-0.2, 0) is 10.8 Å². The monoisotopic (exact) mass is 666 g/mol. The third-order valence-corrected chi connectivity index (χ3v) is 11.7. The van der Waals surface area contributed by atoms with E-state index < -0.39 is 0 Å². The van der Waals surface area contributed by atoms with Gasteiger partial charge in [-0.2, -0.15) is 0 Å². The highest BCUT2D eigenvalue weighted by Gasteiger charge is 2.38. The van der Waals surface area contributed by atoms with Crippen molar-refractivity contribution in [1.29, 1.82) is 0 Å². The smallest absolute Gasteiger partial charge is 0.160 e. The second-order valence-electron chi connectivity index (χ2n) is 15.4. The zero-order valence-electron chi connectivity index (χ0n) is 29.9. The zero-order chi connectivity index (χ0) is 35.2. The molecule has 0 amide bonds. The van der Waals surface area contributed by atoms with Crippen LogP contribution in [-0.4, -0.2) is 9.97 Å². The third kappa shape index (κ3) is 4.57. The van der Waals surface area contributed by atoms with Gasteiger partial charge in [0.05, 0.1) is 11.4 Å². The number of benzene rings is 7. The molecule has 248 valence electrons. The van der Waals surface area contributed by atoms with Crippen molar-refractivity contribution in [3.63, 3.8) is 0 Å². The summed E-state index contributed by atoms with van der Waals surface area (Å²) >= 11 is 0. The molecule has 2 heteroatoms. The molecular formula is C50H38N2. The van der Waals surface area contributed by atoms with Crippen LogP contribution >= 0.6 is 0 Å². The number of hydrogen-bond acceptors (Lipinski definition) is 2. The summed E-state index contributed by atoms with van der Waals surface area (Å²) in [6.45, 7) is 9.41. The third-order valence-electron chi connectivity index (χ3n) is 11.7. The summed E-state index contributed by atoms with van der Waals surface area (Å²) in [4.78, 5) is 10.6. The average Bonchev–Trinajstić information content (AvgIpc) is 3.55. The highest BCUT2D eigenvalue weighted by atomic mass is 14.9. The summed E-state index contributed by atoms with van der Waals surface area (Å²) in [6, 6.07) is 57.4. The Morgan fingerprint density at radius 3 is 1.62 bits per heavy atom. The molecule has 52 heavy (non-hydrogen) atoms. The molecule has 1 aromatic heterocycles. The van der Waals surface area contributed by atoms with Crippen molar-refractivity contribution < 1.29 is 0 Å². The molecule has 0 saturated heterocycles. The topological polar surface area (TPSA) is 25.8 Å². The fraction of sp³-hybridized carbons (Fsp3) is 0.120. The first-order chi connectivity index (χ1) is 25.3. The van der Waals surface area contributed by atoms with Gasteiger partial charge in [0.1, 0.15) is 0 Å². The highest BCUT2D eigenvalue weighted by molar-refractivity contribution is 5.98. The van der Waals surface area contributed by atoms with Gasteiger partial charge in [-0.15, -0.1) is 0 Å². The van der Waals surface area contributed by atoms with Crippen LogP contribution in [0.2, 0.25) is 0 Å². The molecule has 1 heterocycles. The minimum Gasteiger partial charge on any atom is -0.228 e. The molecule has 2 aliphatic carbocycles. The molecule has 0 fully saturated rings. The van der Waals surface area contributed by atoms with Crippen LogP contribution in [0.5, 0.6) is 0 Å². The van der Waals surface area contributed by atoms with Crippen LogP contribution in [0.3, 0.4) is 0 Å². The lowest BCUT2D eigenvalue weighted by molar-refractivity contribution is 0.661. The Morgan fingerprint density at radius 2 is 0.904 bits per heavy atom. The van der Waals surface area contributed by atoms with E-state index in [0.29, 0.717) is 0 Å². The summed E-state index contributed by atoms with van der Waals surface area (Å²) in [5.74, 6) is 0.734. The molecule has 0 bridgehead atoms. The van der Waals surface area contributed by atoms with E-state index >= 15 is 0 Å². The van der Waals surface area contributed by atoms with Crippen LogP contribution in [0.25, 0.3) is 78.1 Å². The van der Waals surface area contributed by atoms with Crippen molar-refractivity contribution in [2.45, 2.75) is 38.5 Å². The van der Waals surface area contributed by atoms with E-state index in [-0.39, 0.29) is 10.8 Å². The van der Waals surface area contributed by atoms with E-state index in [1.54, 1.807) is 0 Å². The minimum absolute atomic E-state index is 0.135. The van der Waals surface area contributed by atoms with Gasteiger partial charge in [0, 0.05) is 27.5 Å². The van der Waals surface area contributed by atoms with Gasteiger partial charge in [0.25, 0.3) is 0 Å². The fourth-order valence-electron chi connectivity index (χ4n) is 8.84. The lowest BCUT2D eigenvalue weighted by Gasteiger charge is -2.23. The summed E-state index contributed by atoms with van der Waals surface area (Å²) in [5, 5.41) is 2.53. The van der Waals surface area contributed by atoms with Crippen LogP contribution in [0.15, 0.2) is 158 Å². The Kier molecular flexibility index (Phi) is 6.60. The van der Waals surface area contributed by atoms with E-state index in [0.717, 1.165) is 33.9 Å². The van der Waals surface area contributed by atoms with Crippen molar-refractivity contribution in [3.8, 4) is 67.3 Å². The van der Waals surface area contributed by atoms with Crippen molar-refractivity contribution >= 4 is 10.8 Å². The second-order valence-corrected chi connectivity index (χ2v) is 15.4. The molecule has 0 saturated carbocycles. The van der Waals surface area contributed by atoms with Gasteiger partial charge in [-0.05, 0) is 96.7 Å². The normalized spacial score (nSPS) is 14.5. The molecule has 7 aromatic carbocycles. The summed E-state index contributed by atoms with van der Waals surface area (Å²) in [6.07, 6.45) is 0. The molecule has 0 spiro atoms. The maximum Gasteiger partial charge on any atom is 0.160 e. The van der Waals surface area contributed by atoms with Gasteiger partial charge in [-0.1, -0.05) is 155 Å². The Labute approximate surface area is 305 Å². The fourth-order valence-corrected chi connectivity index (χ4v) is 8.84. The molecule has 8 aromatic rings. The predicted molar refractivity (Wildman–Crippen MR) is 216 cm³/mol. The van der Waals surface area contributed by atoms with Crippen LogP contribution in [0.1, 0.15) is 49.9 Å². The van der Waals surface area contributed by atoms with Crippen molar-refractivity contribution in [2.24, 2.45) is 0 Å². The van der Waals surface area contributed by atoms with Crippen LogP contribution in [0, 0.1) is 0 Å². The van der Waals surface area contributed by atoms with E-state index in [2.05, 4.69) is 179 Å². The van der Waals surface area contributed by atoms with Gasteiger partial charge >= 0.3 is 0 Å². The van der Waals surface area contributed by atoms with E-state index in [1.165, 1.54) is 66.4 Å². The highest BCUT2D eigenvalue weighted by Crippen LogP contribution is 2.54. The lowest BCUT2D eigenvalue weighted by Crippen LogP contribution is -2.15. The molecule has 0 atom stereocenters. The maximum absolute atomic E-state index is 5.32. The Balaban J connectivity index is 1.15. The van der Waals surface area contributed by atoms with Gasteiger partial charge in [0.2, 0.25) is 0 Å². The quantitative estimate of drug-likeness (QED) is 0.187. The Bertz CT molecular complexity index is 2720. The number of rotatable bonds is 4. The standard InChI is InChI=1S/C50H38N2/c1-49(2)41-21-13-20-39(47(41)40-26-33-18-11-12-19-34(33)27-44(40)49)46-30-45(51-48(52-46)32-16-9-6-10-17-32)36-23-25-38-37-24-22-35(31-14-7-5-8-15-31)28-42(37)50(3,4)43(38)29-36/h5-30H,1-4H3. The van der Waals surface area contributed by atoms with Crippen LogP contribution < -0.4 is 0 Å². The molecule has 0 aliphatic heterocycles. The van der Waals surface area contributed by atoms with Crippen LogP contribution in [0.4, 0.5) is 0 Å². The molecule has 0 N–H and O–H groups in total. The largest absolute Gasteiger partial charge is 0.228 e. The molecular weight excluding hydrogens is 629 g/mol. The summed E-state index contributed by atoms with van der Waals surface area (Å²) < 4.78 is 0. The number of nitrogens with zero attached hydrogens (tertiary/aromatic N) is 2. The Morgan fingerprint density at radius 1 is 0.346 bits per heavy atom. The minimum atomic E-state index is -0.165. The number of aromatic nitrogens is 2. The first kappa shape index (κ1) is 30.7. The van der Waals surface area contributed by atoms with Crippen molar-refractivity contribution in [3.05, 3.63) is 180 Å². The predicted octanol–water partition coefficient (Wildman–Crippen LogP) is 12.9. The van der Waals surface area contributed by atoms with E-state index in [9.17, 15) is 0 Å². The van der Waals surface area contributed by atoms with Gasteiger partial charge in [0.15, 0.2) is 5.82 Å². The summed E-state index contributed by atoms with van der Waals surface area (Å²) in [5.41, 5.74) is 17.9. The lowest BCUT2D eigenvalue weighted by atomic mass is 9.81. The number of hydrogen-bond donors (Lipinski definition) is 0. The molecule has 2 aliphatic rings. The van der Waals surface area contributed by atoms with E-state index in [4.69, 9.17) is 9.97 Å². The first-order valence-electron chi connectivity index (χ1n) is 18.2. The van der Waals surface area contributed by atoms with Crippen molar-refractivity contribution in [2.75, 3.05) is 0 Å². The van der Waals surface area contributed by atoms with Gasteiger partial charge < -0.3 is 0 Å².